The molecule has 0 bridgehead atoms. The van der Waals surface area contributed by atoms with Crippen molar-refractivity contribution in [2.45, 2.75) is 88.9 Å². The zero-order chi connectivity index (χ0) is 27.8. The van der Waals surface area contributed by atoms with Crippen LogP contribution < -0.4 is 15.5 Å². The monoisotopic (exact) mass is 549 g/mol. The fourth-order valence-corrected chi connectivity index (χ4v) is 5.86. The van der Waals surface area contributed by atoms with Crippen LogP contribution in [-0.2, 0) is 16.1 Å². The summed E-state index contributed by atoms with van der Waals surface area (Å²) in [7, 11) is 0. The number of carbonyl (C=O) groups excluding carboxylic acids is 1. The molecule has 0 spiro atoms. The molecule has 12 heteroatoms. The highest BCUT2D eigenvalue weighted by atomic mass is 19.4. The summed E-state index contributed by atoms with van der Waals surface area (Å²) in [4.78, 5) is 27.2. The van der Waals surface area contributed by atoms with Crippen LogP contribution in [0.5, 0.6) is 0 Å². The van der Waals surface area contributed by atoms with Crippen LogP contribution in [0.25, 0.3) is 0 Å². The molecule has 9 nitrogen and oxygen atoms in total. The molecule has 0 saturated carbocycles. The first-order valence-electron chi connectivity index (χ1n) is 13.9. The molecule has 2 aromatic rings. The Morgan fingerprint density at radius 1 is 1.08 bits per heavy atom. The lowest BCUT2D eigenvalue weighted by molar-refractivity contribution is -0.156. The largest absolute Gasteiger partial charge is 0.396 e. The van der Waals surface area contributed by atoms with Gasteiger partial charge in [0.15, 0.2) is 0 Å². The van der Waals surface area contributed by atoms with Gasteiger partial charge in [-0.1, -0.05) is 0 Å². The molecule has 5 rings (SSSR count). The maximum Gasteiger partial charge on any atom is 0.396 e. The number of rotatable bonds is 6. The zero-order valence-electron chi connectivity index (χ0n) is 22.9. The number of fused-ring (bicyclic) bond motifs is 1. The van der Waals surface area contributed by atoms with Gasteiger partial charge in [-0.15, -0.1) is 0 Å². The summed E-state index contributed by atoms with van der Waals surface area (Å²) < 4.78 is 49.6. The molecular weight excluding hydrogens is 511 g/mol. The lowest BCUT2D eigenvalue weighted by atomic mass is 9.90. The van der Waals surface area contributed by atoms with E-state index in [1.165, 1.54) is 6.33 Å². The molecule has 2 saturated heterocycles. The molecule has 0 radical (unpaired) electrons. The smallest absolute Gasteiger partial charge is 0.381 e. The highest BCUT2D eigenvalue weighted by Crippen LogP contribution is 2.46. The maximum absolute atomic E-state index is 13.9. The number of anilines is 2. The summed E-state index contributed by atoms with van der Waals surface area (Å²) >= 11 is 0. The number of carbonyl (C=O) groups is 1. The summed E-state index contributed by atoms with van der Waals surface area (Å²) in [6.45, 7) is 10.6. The number of hydrogen-bond acceptors (Lipinski definition) is 7. The molecule has 2 aromatic heterocycles. The van der Waals surface area contributed by atoms with Crippen molar-refractivity contribution in [1.29, 1.82) is 0 Å². The van der Waals surface area contributed by atoms with E-state index in [1.807, 2.05) is 4.90 Å². The fourth-order valence-electron chi connectivity index (χ4n) is 5.86. The van der Waals surface area contributed by atoms with Crippen molar-refractivity contribution >= 4 is 17.5 Å². The van der Waals surface area contributed by atoms with E-state index in [1.54, 1.807) is 0 Å². The van der Waals surface area contributed by atoms with Crippen molar-refractivity contribution in [1.82, 2.24) is 24.8 Å². The van der Waals surface area contributed by atoms with Gasteiger partial charge in [-0.25, -0.2) is 15.0 Å². The van der Waals surface area contributed by atoms with E-state index in [2.05, 4.69) is 52.1 Å². The number of hydrogen-bond donors (Lipinski definition) is 2. The summed E-state index contributed by atoms with van der Waals surface area (Å²) in [5.41, 5.74) is 1.10. The molecule has 2 fully saturated rings. The molecule has 214 valence electrons. The minimum Gasteiger partial charge on any atom is -0.381 e. The average Bonchev–Trinajstić information content (AvgIpc) is 3.31. The summed E-state index contributed by atoms with van der Waals surface area (Å²) in [6, 6.07) is 0. The van der Waals surface area contributed by atoms with E-state index in [-0.39, 0.29) is 28.7 Å². The van der Waals surface area contributed by atoms with Gasteiger partial charge in [-0.2, -0.15) is 13.2 Å². The van der Waals surface area contributed by atoms with Crippen molar-refractivity contribution in [3.63, 3.8) is 0 Å². The minimum atomic E-state index is -4.56. The van der Waals surface area contributed by atoms with Gasteiger partial charge in [0.2, 0.25) is 5.91 Å². The number of alkyl halides is 3. The average molecular weight is 550 g/mol. The molecule has 1 unspecified atom stereocenters. The molecule has 0 aliphatic carbocycles. The van der Waals surface area contributed by atoms with Gasteiger partial charge in [-0.05, 0) is 46.5 Å². The molecule has 3 aliphatic heterocycles. The van der Waals surface area contributed by atoms with Crippen molar-refractivity contribution in [3.05, 3.63) is 29.6 Å². The Balaban J connectivity index is 1.35. The molecule has 1 amide bonds. The normalized spacial score (nSPS) is 21.6. The van der Waals surface area contributed by atoms with Crippen LogP contribution in [0.3, 0.4) is 0 Å². The summed E-state index contributed by atoms with van der Waals surface area (Å²) in [5, 5.41) is 6.06. The van der Waals surface area contributed by atoms with Crippen molar-refractivity contribution in [2.75, 3.05) is 43.1 Å². The number of piperidine rings is 1. The van der Waals surface area contributed by atoms with E-state index in [0.29, 0.717) is 19.0 Å². The first-order valence-corrected chi connectivity index (χ1v) is 13.9. The molecule has 1 atom stereocenters. The van der Waals surface area contributed by atoms with Crippen LogP contribution in [0.1, 0.15) is 87.7 Å². The van der Waals surface area contributed by atoms with Crippen LogP contribution in [0.2, 0.25) is 0 Å². The molecular formula is C27H38F3N7O2. The van der Waals surface area contributed by atoms with Crippen LogP contribution in [0.15, 0.2) is 12.5 Å². The van der Waals surface area contributed by atoms with E-state index < -0.39 is 24.4 Å². The van der Waals surface area contributed by atoms with Crippen molar-refractivity contribution in [2.24, 2.45) is 0 Å². The Labute approximate surface area is 226 Å². The second-order valence-corrected chi connectivity index (χ2v) is 11.8. The standard InChI is InChI=1S/C27H38F3N7O2/c1-26(2,3)33-8-11-37-15-20(17-6-12-39-13-7-17)34-24(37)18-4-9-36(10-5-18)25-22-19(27(28,29)30)14-21(38)35-23(22)31-16-32-25/h15-19,33H,4-14H2,1-3H3,(H,31,32,35,38). The first kappa shape index (κ1) is 27.8. The predicted molar refractivity (Wildman–Crippen MR) is 141 cm³/mol. The van der Waals surface area contributed by atoms with Gasteiger partial charge in [0.1, 0.15) is 23.8 Å². The van der Waals surface area contributed by atoms with Crippen LogP contribution in [0, 0.1) is 0 Å². The second kappa shape index (κ2) is 11.0. The molecule has 39 heavy (non-hydrogen) atoms. The van der Waals surface area contributed by atoms with Crippen LogP contribution in [-0.4, -0.2) is 70.0 Å². The number of amides is 1. The Bertz CT molecular complexity index is 1160. The lowest BCUT2D eigenvalue weighted by Gasteiger charge is -2.36. The summed E-state index contributed by atoms with van der Waals surface area (Å²) in [6.07, 6.45) is 1.64. The SMILES string of the molecule is CC(C)(C)NCCn1cc(C2CCOCC2)nc1C1CCN(c2ncnc3c2C(C(F)(F)F)CC(=O)N3)CC1. The van der Waals surface area contributed by atoms with E-state index in [0.717, 1.165) is 63.5 Å². The molecule has 3 aliphatic rings. The van der Waals surface area contributed by atoms with Crippen molar-refractivity contribution in [3.8, 4) is 0 Å². The van der Waals surface area contributed by atoms with E-state index >= 15 is 0 Å². The minimum absolute atomic E-state index is 0.0139. The Kier molecular flexibility index (Phi) is 7.87. The van der Waals surface area contributed by atoms with Crippen molar-refractivity contribution < 1.29 is 22.7 Å². The Morgan fingerprint density at radius 3 is 2.46 bits per heavy atom. The van der Waals surface area contributed by atoms with Crippen LogP contribution in [0.4, 0.5) is 24.8 Å². The molecule has 2 N–H and O–H groups in total. The second-order valence-electron chi connectivity index (χ2n) is 11.8. The molecule has 5 heterocycles. The van der Waals surface area contributed by atoms with Gasteiger partial charge >= 0.3 is 6.18 Å². The maximum atomic E-state index is 13.9. The van der Waals surface area contributed by atoms with Gasteiger partial charge in [0.05, 0.1) is 17.2 Å². The lowest BCUT2D eigenvalue weighted by Crippen LogP contribution is -2.39. The molecule has 0 aromatic carbocycles. The third kappa shape index (κ3) is 6.37. The number of aromatic nitrogens is 4. The van der Waals surface area contributed by atoms with Gasteiger partial charge in [0, 0.05) is 69.4 Å². The zero-order valence-corrected chi connectivity index (χ0v) is 22.9. The Morgan fingerprint density at radius 2 is 1.79 bits per heavy atom. The van der Waals surface area contributed by atoms with E-state index in [9.17, 15) is 18.0 Å². The predicted octanol–water partition coefficient (Wildman–Crippen LogP) is 4.33. The fraction of sp³-hybridized carbons (Fsp3) is 0.704. The van der Waals surface area contributed by atoms with E-state index in [4.69, 9.17) is 9.72 Å². The number of nitrogens with zero attached hydrogens (tertiary/aromatic N) is 5. The third-order valence-electron chi connectivity index (χ3n) is 7.89. The van der Waals surface area contributed by atoms with Crippen LogP contribution >= 0.6 is 0 Å². The van der Waals surface area contributed by atoms with Gasteiger partial charge < -0.3 is 24.8 Å². The quantitative estimate of drug-likeness (QED) is 0.554. The third-order valence-corrected chi connectivity index (χ3v) is 7.89. The number of nitrogens with one attached hydrogen (secondary N) is 2. The summed E-state index contributed by atoms with van der Waals surface area (Å²) in [5.74, 6) is -0.730. The topological polar surface area (TPSA) is 97.2 Å². The highest BCUT2D eigenvalue weighted by Gasteiger charge is 2.48. The highest BCUT2D eigenvalue weighted by molar-refractivity contribution is 5.94. The van der Waals surface area contributed by atoms with Gasteiger partial charge in [0.25, 0.3) is 0 Å². The first-order chi connectivity index (χ1) is 18.5. The number of imidazole rings is 1. The number of halogens is 3. The Hall–Kier alpha value is -2.73. The number of ether oxygens (including phenoxy) is 1. The van der Waals surface area contributed by atoms with Gasteiger partial charge in [-0.3, -0.25) is 4.79 Å².